The van der Waals surface area contributed by atoms with Crippen molar-refractivity contribution in [3.63, 3.8) is 0 Å². The second kappa shape index (κ2) is 6.77. The molecule has 0 radical (unpaired) electrons. The van der Waals surface area contributed by atoms with Crippen molar-refractivity contribution < 1.29 is 17.9 Å². The van der Waals surface area contributed by atoms with Crippen molar-refractivity contribution in [3.8, 4) is 0 Å². The number of benzene rings is 1. The summed E-state index contributed by atoms with van der Waals surface area (Å²) in [4.78, 5) is 1.91. The minimum absolute atomic E-state index is 0.131. The van der Waals surface area contributed by atoms with Gasteiger partial charge in [-0.1, -0.05) is 13.8 Å². The lowest BCUT2D eigenvalue weighted by molar-refractivity contribution is -0.0631. The van der Waals surface area contributed by atoms with E-state index in [2.05, 4.69) is 5.32 Å². The predicted molar refractivity (Wildman–Crippen MR) is 74.6 cm³/mol. The molecule has 1 saturated heterocycles. The Hall–Kier alpha value is -1.11. The molecule has 1 aliphatic rings. The van der Waals surface area contributed by atoms with Gasteiger partial charge in [-0.15, -0.1) is 0 Å². The Labute approximate surface area is 123 Å². The maximum Gasteiger partial charge on any atom is 0.161 e. The van der Waals surface area contributed by atoms with E-state index >= 15 is 0 Å². The first-order chi connectivity index (χ1) is 9.90. The van der Waals surface area contributed by atoms with Crippen LogP contribution in [0.1, 0.15) is 25.5 Å². The number of morpholine rings is 1. The van der Waals surface area contributed by atoms with Crippen LogP contribution in [0.25, 0.3) is 0 Å². The number of hydrogen-bond donors (Lipinski definition) is 1. The second-order valence-electron chi connectivity index (χ2n) is 5.69. The van der Waals surface area contributed by atoms with Gasteiger partial charge < -0.3 is 10.1 Å². The largest absolute Gasteiger partial charge is 0.374 e. The van der Waals surface area contributed by atoms with Crippen molar-refractivity contribution in [1.29, 1.82) is 0 Å². The first-order valence-corrected chi connectivity index (χ1v) is 7.09. The standard InChI is InChI=1S/C15H21F3N2O/c1-9(2)19-8-14-15(20(3)4-5-21-14)10-6-12(17)13(18)7-11(10)16/h6-7,9,14-15,19H,4-5,8H2,1-3H3. The molecule has 0 amide bonds. The van der Waals surface area contributed by atoms with E-state index in [9.17, 15) is 13.2 Å². The summed E-state index contributed by atoms with van der Waals surface area (Å²) >= 11 is 0. The topological polar surface area (TPSA) is 24.5 Å². The van der Waals surface area contributed by atoms with Crippen LogP contribution < -0.4 is 5.32 Å². The average Bonchev–Trinajstić information content (AvgIpc) is 2.41. The molecule has 118 valence electrons. The van der Waals surface area contributed by atoms with Crippen LogP contribution in [-0.2, 0) is 4.74 Å². The van der Waals surface area contributed by atoms with Gasteiger partial charge in [-0.2, -0.15) is 0 Å². The second-order valence-corrected chi connectivity index (χ2v) is 5.69. The zero-order valence-electron chi connectivity index (χ0n) is 12.5. The monoisotopic (exact) mass is 302 g/mol. The maximum absolute atomic E-state index is 14.1. The molecule has 1 fully saturated rings. The van der Waals surface area contributed by atoms with E-state index < -0.39 is 23.5 Å². The third-order valence-corrected chi connectivity index (χ3v) is 3.69. The van der Waals surface area contributed by atoms with Crippen molar-refractivity contribution in [2.45, 2.75) is 32.0 Å². The molecule has 1 aromatic rings. The Kier molecular flexibility index (Phi) is 5.24. The molecular formula is C15H21F3N2O. The quantitative estimate of drug-likeness (QED) is 0.865. The van der Waals surface area contributed by atoms with Gasteiger partial charge in [-0.3, -0.25) is 4.90 Å². The lowest BCUT2D eigenvalue weighted by Gasteiger charge is -2.40. The molecule has 1 heterocycles. The van der Waals surface area contributed by atoms with Gasteiger partial charge in [0.25, 0.3) is 0 Å². The first kappa shape index (κ1) is 16.3. The highest BCUT2D eigenvalue weighted by atomic mass is 19.2. The lowest BCUT2D eigenvalue weighted by Crippen LogP contribution is -2.48. The summed E-state index contributed by atoms with van der Waals surface area (Å²) in [7, 11) is 1.83. The minimum Gasteiger partial charge on any atom is -0.374 e. The van der Waals surface area contributed by atoms with Gasteiger partial charge in [0, 0.05) is 30.8 Å². The molecule has 3 nitrogen and oxygen atoms in total. The fraction of sp³-hybridized carbons (Fsp3) is 0.600. The molecule has 1 N–H and O–H groups in total. The van der Waals surface area contributed by atoms with E-state index in [-0.39, 0.29) is 17.7 Å². The van der Waals surface area contributed by atoms with Crippen LogP contribution in [0, 0.1) is 17.5 Å². The SMILES string of the molecule is CC(C)NCC1OCCN(C)C1c1cc(F)c(F)cc1F. The van der Waals surface area contributed by atoms with Gasteiger partial charge in [-0.25, -0.2) is 13.2 Å². The molecule has 2 atom stereocenters. The van der Waals surface area contributed by atoms with Gasteiger partial charge in [-0.05, 0) is 13.1 Å². The van der Waals surface area contributed by atoms with E-state index in [1.807, 2.05) is 25.8 Å². The molecule has 21 heavy (non-hydrogen) atoms. The van der Waals surface area contributed by atoms with Crippen molar-refractivity contribution >= 4 is 0 Å². The summed E-state index contributed by atoms with van der Waals surface area (Å²) in [6, 6.07) is 1.35. The van der Waals surface area contributed by atoms with Crippen LogP contribution in [0.2, 0.25) is 0 Å². The van der Waals surface area contributed by atoms with E-state index in [1.54, 1.807) is 0 Å². The molecule has 0 spiro atoms. The first-order valence-electron chi connectivity index (χ1n) is 7.09. The van der Waals surface area contributed by atoms with Gasteiger partial charge in [0.1, 0.15) is 5.82 Å². The lowest BCUT2D eigenvalue weighted by atomic mass is 9.97. The molecule has 1 aliphatic heterocycles. The third kappa shape index (κ3) is 3.75. The molecular weight excluding hydrogens is 281 g/mol. The highest BCUT2D eigenvalue weighted by Gasteiger charge is 2.34. The number of nitrogens with zero attached hydrogens (tertiary/aromatic N) is 1. The van der Waals surface area contributed by atoms with Gasteiger partial charge in [0.2, 0.25) is 0 Å². The number of halogens is 3. The van der Waals surface area contributed by atoms with Crippen LogP contribution in [-0.4, -0.2) is 43.8 Å². The molecule has 0 bridgehead atoms. The summed E-state index contributed by atoms with van der Waals surface area (Å²) in [5.74, 6) is -2.96. The van der Waals surface area contributed by atoms with Crippen LogP contribution >= 0.6 is 0 Å². The van der Waals surface area contributed by atoms with Crippen LogP contribution in [0.15, 0.2) is 12.1 Å². The zero-order chi connectivity index (χ0) is 15.6. The smallest absolute Gasteiger partial charge is 0.161 e. The van der Waals surface area contributed by atoms with E-state index in [0.717, 1.165) is 6.07 Å². The number of ether oxygens (including phenoxy) is 1. The van der Waals surface area contributed by atoms with Gasteiger partial charge in [0.05, 0.1) is 18.8 Å². The Bertz CT molecular complexity index is 496. The Morgan fingerprint density at radius 3 is 2.57 bits per heavy atom. The number of likely N-dealkylation sites (N-methyl/N-ethyl adjacent to an activating group) is 1. The molecule has 2 unspecified atom stereocenters. The average molecular weight is 302 g/mol. The fourth-order valence-corrected chi connectivity index (χ4v) is 2.59. The summed E-state index contributed by atoms with van der Waals surface area (Å²) < 4.78 is 46.3. The van der Waals surface area contributed by atoms with Crippen molar-refractivity contribution in [3.05, 3.63) is 35.1 Å². The van der Waals surface area contributed by atoms with E-state index in [4.69, 9.17) is 4.74 Å². The predicted octanol–water partition coefficient (Wildman–Crippen LogP) is 2.47. The number of hydrogen-bond acceptors (Lipinski definition) is 3. The summed E-state index contributed by atoms with van der Waals surface area (Å²) in [6.07, 6.45) is -0.314. The molecule has 0 aromatic heterocycles. The maximum atomic E-state index is 14.1. The van der Waals surface area contributed by atoms with Crippen LogP contribution in [0.4, 0.5) is 13.2 Å². The summed E-state index contributed by atoms with van der Waals surface area (Å²) in [5.41, 5.74) is 0.131. The Balaban J connectivity index is 2.29. The molecule has 0 aliphatic carbocycles. The van der Waals surface area contributed by atoms with Crippen molar-refractivity contribution in [2.75, 3.05) is 26.7 Å². The molecule has 6 heteroatoms. The third-order valence-electron chi connectivity index (χ3n) is 3.69. The minimum atomic E-state index is -1.17. The highest BCUT2D eigenvalue weighted by molar-refractivity contribution is 5.25. The molecule has 0 saturated carbocycles. The van der Waals surface area contributed by atoms with Crippen molar-refractivity contribution in [1.82, 2.24) is 10.2 Å². The summed E-state index contributed by atoms with van der Waals surface area (Å²) in [5, 5.41) is 3.24. The van der Waals surface area contributed by atoms with Gasteiger partial charge in [0.15, 0.2) is 11.6 Å². The molecule has 1 aromatic carbocycles. The number of nitrogens with one attached hydrogen (secondary N) is 1. The Morgan fingerprint density at radius 1 is 1.24 bits per heavy atom. The van der Waals surface area contributed by atoms with Crippen molar-refractivity contribution in [2.24, 2.45) is 0 Å². The fourth-order valence-electron chi connectivity index (χ4n) is 2.59. The Morgan fingerprint density at radius 2 is 1.90 bits per heavy atom. The van der Waals surface area contributed by atoms with Crippen LogP contribution in [0.5, 0.6) is 0 Å². The van der Waals surface area contributed by atoms with E-state index in [1.165, 1.54) is 0 Å². The van der Waals surface area contributed by atoms with Gasteiger partial charge >= 0.3 is 0 Å². The molecule has 2 rings (SSSR count). The zero-order valence-corrected chi connectivity index (χ0v) is 12.5. The summed E-state index contributed by atoms with van der Waals surface area (Å²) in [6.45, 7) is 5.66. The van der Waals surface area contributed by atoms with E-state index in [0.29, 0.717) is 25.8 Å². The highest BCUT2D eigenvalue weighted by Crippen LogP contribution is 2.31. The number of rotatable bonds is 4. The normalized spacial score (nSPS) is 23.8. The van der Waals surface area contributed by atoms with Crippen LogP contribution in [0.3, 0.4) is 0 Å².